The van der Waals surface area contributed by atoms with Gasteiger partial charge in [-0.05, 0) is 48.0 Å². The molecule has 0 bridgehead atoms. The Morgan fingerprint density at radius 3 is 2.74 bits per heavy atom. The Kier molecular flexibility index (Phi) is 4.34. The number of aliphatic imine (C=N–C) groups is 2. The van der Waals surface area contributed by atoms with Gasteiger partial charge in [0.15, 0.2) is 0 Å². The number of methoxy groups -OCH3 is 1. The molecule has 6 nitrogen and oxygen atoms in total. The minimum absolute atomic E-state index is 0.151. The standard InChI is InChI=1S/C16H15ClN4O2/c1-23-13-4-2-3-10(9-13)14-19-15(17)21-16(20-14)18-11-5-7-12(22)8-6-11/h2-9,14,22H,1H3,(H2,18,19,20,21). The highest BCUT2D eigenvalue weighted by Crippen LogP contribution is 2.23. The number of nitrogens with one attached hydrogen (secondary N) is 2. The summed E-state index contributed by atoms with van der Waals surface area (Å²) in [6.07, 6.45) is -0.366. The van der Waals surface area contributed by atoms with Gasteiger partial charge in [0.05, 0.1) is 7.11 Å². The number of amidine groups is 1. The number of rotatable bonds is 3. The smallest absolute Gasteiger partial charge is 0.223 e. The lowest BCUT2D eigenvalue weighted by Gasteiger charge is -2.22. The summed E-state index contributed by atoms with van der Waals surface area (Å²) in [7, 11) is 1.61. The fourth-order valence-electron chi connectivity index (χ4n) is 2.14. The lowest BCUT2D eigenvalue weighted by molar-refractivity contribution is 0.413. The summed E-state index contributed by atoms with van der Waals surface area (Å²) in [5.74, 6) is 1.41. The molecule has 0 radical (unpaired) electrons. The third kappa shape index (κ3) is 3.73. The highest BCUT2D eigenvalue weighted by atomic mass is 35.5. The summed E-state index contributed by atoms with van der Waals surface area (Å²) in [4.78, 5) is 8.42. The quantitative estimate of drug-likeness (QED) is 0.597. The van der Waals surface area contributed by atoms with Gasteiger partial charge >= 0.3 is 0 Å². The summed E-state index contributed by atoms with van der Waals surface area (Å²) < 4.78 is 5.23. The Morgan fingerprint density at radius 2 is 2.00 bits per heavy atom. The zero-order valence-electron chi connectivity index (χ0n) is 12.3. The van der Waals surface area contributed by atoms with Crippen molar-refractivity contribution in [1.82, 2.24) is 5.32 Å². The Balaban J connectivity index is 1.79. The zero-order valence-corrected chi connectivity index (χ0v) is 13.1. The number of hydrogen-bond donors (Lipinski definition) is 3. The lowest BCUT2D eigenvalue weighted by atomic mass is 10.1. The van der Waals surface area contributed by atoms with Crippen molar-refractivity contribution >= 4 is 28.5 Å². The molecular formula is C16H15ClN4O2. The minimum atomic E-state index is -0.366. The van der Waals surface area contributed by atoms with Gasteiger partial charge in [-0.2, -0.15) is 4.99 Å². The van der Waals surface area contributed by atoms with Crippen molar-refractivity contribution in [2.75, 3.05) is 12.4 Å². The topological polar surface area (TPSA) is 78.2 Å². The van der Waals surface area contributed by atoms with Crippen molar-refractivity contribution in [3.05, 3.63) is 54.1 Å². The molecule has 0 fully saturated rings. The van der Waals surface area contributed by atoms with Crippen molar-refractivity contribution in [2.24, 2.45) is 9.98 Å². The van der Waals surface area contributed by atoms with Gasteiger partial charge in [-0.15, -0.1) is 0 Å². The summed E-state index contributed by atoms with van der Waals surface area (Å²) in [6.45, 7) is 0. The molecule has 0 saturated heterocycles. The van der Waals surface area contributed by atoms with E-state index < -0.39 is 0 Å². The average molecular weight is 331 g/mol. The van der Waals surface area contributed by atoms with Gasteiger partial charge in [-0.25, -0.2) is 4.99 Å². The van der Waals surface area contributed by atoms with E-state index >= 15 is 0 Å². The minimum Gasteiger partial charge on any atom is -0.508 e. The fraction of sp³-hybridized carbons (Fsp3) is 0.125. The number of hydrogen-bond acceptors (Lipinski definition) is 6. The predicted molar refractivity (Wildman–Crippen MR) is 91.3 cm³/mol. The number of guanidine groups is 1. The second-order valence-corrected chi connectivity index (χ2v) is 5.19. The molecule has 2 aromatic rings. The molecule has 1 heterocycles. The maximum Gasteiger partial charge on any atom is 0.223 e. The van der Waals surface area contributed by atoms with Crippen LogP contribution in [0.3, 0.4) is 0 Å². The van der Waals surface area contributed by atoms with Crippen LogP contribution in [0, 0.1) is 0 Å². The van der Waals surface area contributed by atoms with E-state index in [1.807, 2.05) is 24.3 Å². The maximum absolute atomic E-state index is 9.32. The molecule has 3 N–H and O–H groups in total. The molecule has 0 saturated carbocycles. The highest BCUT2D eigenvalue weighted by Gasteiger charge is 2.18. The third-order valence-electron chi connectivity index (χ3n) is 3.25. The largest absolute Gasteiger partial charge is 0.508 e. The first-order valence-electron chi connectivity index (χ1n) is 6.92. The first-order chi connectivity index (χ1) is 11.1. The van der Waals surface area contributed by atoms with Crippen LogP contribution in [0.1, 0.15) is 11.7 Å². The first-order valence-corrected chi connectivity index (χ1v) is 7.30. The van der Waals surface area contributed by atoms with E-state index in [1.165, 1.54) is 0 Å². The van der Waals surface area contributed by atoms with Gasteiger partial charge in [0, 0.05) is 11.3 Å². The van der Waals surface area contributed by atoms with Crippen molar-refractivity contribution in [3.8, 4) is 11.5 Å². The molecule has 0 aromatic heterocycles. The van der Waals surface area contributed by atoms with Gasteiger partial charge < -0.3 is 20.5 Å². The number of nitrogens with zero attached hydrogens (tertiary/aromatic N) is 2. The molecule has 1 aliphatic rings. The van der Waals surface area contributed by atoms with Crippen LogP contribution in [0.25, 0.3) is 0 Å². The van der Waals surface area contributed by atoms with Gasteiger partial charge in [-0.3, -0.25) is 0 Å². The maximum atomic E-state index is 9.32. The van der Waals surface area contributed by atoms with E-state index in [2.05, 4.69) is 20.6 Å². The van der Waals surface area contributed by atoms with Crippen LogP contribution in [0.5, 0.6) is 11.5 Å². The molecule has 118 valence electrons. The number of benzene rings is 2. The van der Waals surface area contributed by atoms with E-state index in [0.29, 0.717) is 5.96 Å². The predicted octanol–water partition coefficient (Wildman–Crippen LogP) is 3.07. The number of anilines is 1. The SMILES string of the molecule is COc1cccc(C2N=C(Cl)N=C(Nc3ccc(O)cc3)N2)c1. The Morgan fingerprint density at radius 1 is 1.22 bits per heavy atom. The Labute approximate surface area is 138 Å². The second kappa shape index (κ2) is 6.58. The molecule has 3 rings (SSSR count). The molecule has 23 heavy (non-hydrogen) atoms. The molecule has 1 unspecified atom stereocenters. The van der Waals surface area contributed by atoms with Gasteiger partial charge in [0.1, 0.15) is 17.7 Å². The molecule has 0 amide bonds. The molecule has 0 spiro atoms. The van der Waals surface area contributed by atoms with Crippen LogP contribution in [-0.4, -0.2) is 23.5 Å². The van der Waals surface area contributed by atoms with E-state index in [9.17, 15) is 5.11 Å². The Bertz CT molecular complexity index is 759. The molecular weight excluding hydrogens is 316 g/mol. The third-order valence-corrected chi connectivity index (χ3v) is 3.43. The molecule has 0 aliphatic carbocycles. The van der Waals surface area contributed by atoms with Crippen LogP contribution < -0.4 is 15.4 Å². The zero-order chi connectivity index (χ0) is 16.2. The molecule has 2 aromatic carbocycles. The van der Waals surface area contributed by atoms with Crippen LogP contribution in [0.2, 0.25) is 0 Å². The van der Waals surface area contributed by atoms with Crippen molar-refractivity contribution in [1.29, 1.82) is 0 Å². The summed E-state index contributed by atoms with van der Waals surface area (Å²) in [5.41, 5.74) is 1.67. The molecule has 1 aliphatic heterocycles. The monoisotopic (exact) mass is 330 g/mol. The average Bonchev–Trinajstić information content (AvgIpc) is 2.56. The number of phenolic OH excluding ortho intramolecular Hbond substituents is 1. The van der Waals surface area contributed by atoms with E-state index in [-0.39, 0.29) is 17.2 Å². The molecule has 1 atom stereocenters. The van der Waals surface area contributed by atoms with Crippen molar-refractivity contribution < 1.29 is 9.84 Å². The van der Waals surface area contributed by atoms with Gasteiger partial charge in [0.25, 0.3) is 0 Å². The highest BCUT2D eigenvalue weighted by molar-refractivity contribution is 6.65. The van der Waals surface area contributed by atoms with Crippen LogP contribution in [-0.2, 0) is 0 Å². The first kappa shape index (κ1) is 15.2. The van der Waals surface area contributed by atoms with E-state index in [1.54, 1.807) is 31.4 Å². The summed E-state index contributed by atoms with van der Waals surface area (Å²) in [5, 5.41) is 15.7. The number of phenols is 1. The Hall–Kier alpha value is -2.73. The second-order valence-electron chi connectivity index (χ2n) is 4.85. The summed E-state index contributed by atoms with van der Waals surface area (Å²) in [6, 6.07) is 14.2. The number of aromatic hydroxyl groups is 1. The van der Waals surface area contributed by atoms with Gasteiger partial charge in [0.2, 0.25) is 11.3 Å². The van der Waals surface area contributed by atoms with Gasteiger partial charge in [-0.1, -0.05) is 12.1 Å². The lowest BCUT2D eigenvalue weighted by Crippen LogP contribution is -2.36. The van der Waals surface area contributed by atoms with Crippen LogP contribution in [0.15, 0.2) is 58.5 Å². The number of halogens is 1. The normalized spacial score (nSPS) is 16.9. The van der Waals surface area contributed by atoms with Crippen molar-refractivity contribution in [2.45, 2.75) is 6.17 Å². The van der Waals surface area contributed by atoms with Crippen LogP contribution >= 0.6 is 11.6 Å². The fourth-order valence-corrected chi connectivity index (χ4v) is 2.32. The molecule has 7 heteroatoms. The van der Waals surface area contributed by atoms with E-state index in [4.69, 9.17) is 16.3 Å². The van der Waals surface area contributed by atoms with Crippen molar-refractivity contribution in [3.63, 3.8) is 0 Å². The number of ether oxygens (including phenoxy) is 1. The van der Waals surface area contributed by atoms with E-state index in [0.717, 1.165) is 17.0 Å². The van der Waals surface area contributed by atoms with Crippen LogP contribution in [0.4, 0.5) is 5.69 Å². The summed E-state index contributed by atoms with van der Waals surface area (Å²) >= 11 is 6.03.